The van der Waals surface area contributed by atoms with Gasteiger partial charge < -0.3 is 20.3 Å². The molecule has 1 saturated carbocycles. The van der Waals surface area contributed by atoms with Gasteiger partial charge in [-0.05, 0) is 43.4 Å². The number of nitrogens with one attached hydrogen (secondary N) is 1. The van der Waals surface area contributed by atoms with E-state index in [2.05, 4.69) is 5.32 Å². The number of hydrogen-bond acceptors (Lipinski definition) is 4. The van der Waals surface area contributed by atoms with E-state index in [-0.39, 0.29) is 11.9 Å². The van der Waals surface area contributed by atoms with Gasteiger partial charge in [0.05, 0.1) is 13.2 Å². The molecule has 1 aromatic rings. The molecule has 4 heteroatoms. The summed E-state index contributed by atoms with van der Waals surface area (Å²) in [6, 6.07) is 5.74. The molecule has 0 saturated heterocycles. The summed E-state index contributed by atoms with van der Waals surface area (Å²) in [4.78, 5) is 0. The largest absolute Gasteiger partial charge is 0.504 e. The molecule has 2 unspecified atom stereocenters. The van der Waals surface area contributed by atoms with Gasteiger partial charge in [-0.2, -0.15) is 0 Å². The van der Waals surface area contributed by atoms with Crippen LogP contribution in [0.15, 0.2) is 18.2 Å². The van der Waals surface area contributed by atoms with Crippen molar-refractivity contribution in [1.82, 2.24) is 5.32 Å². The number of ether oxygens (including phenoxy) is 1. The van der Waals surface area contributed by atoms with Crippen LogP contribution in [0.4, 0.5) is 0 Å². The van der Waals surface area contributed by atoms with Gasteiger partial charge in [0.1, 0.15) is 0 Å². The third-order valence-electron chi connectivity index (χ3n) is 3.49. The summed E-state index contributed by atoms with van der Waals surface area (Å²) >= 11 is 0. The maximum Gasteiger partial charge on any atom is 0.160 e. The lowest BCUT2D eigenvalue weighted by Gasteiger charge is -2.26. The zero-order valence-electron chi connectivity index (χ0n) is 10.7. The molecule has 1 aromatic carbocycles. The molecule has 0 aromatic heterocycles. The highest BCUT2D eigenvalue weighted by Gasteiger charge is 2.19. The SMILES string of the molecule is COc1cc(CNC2CCCC(O)C2)ccc1O. The Hall–Kier alpha value is -1.26. The Morgan fingerprint density at radius 3 is 2.94 bits per heavy atom. The van der Waals surface area contributed by atoms with Crippen LogP contribution in [0.5, 0.6) is 11.5 Å². The van der Waals surface area contributed by atoms with E-state index in [1.165, 1.54) is 0 Å². The minimum atomic E-state index is -0.161. The molecule has 0 radical (unpaired) electrons. The number of hydrogen-bond donors (Lipinski definition) is 3. The van der Waals surface area contributed by atoms with E-state index in [9.17, 15) is 10.2 Å². The quantitative estimate of drug-likeness (QED) is 0.763. The van der Waals surface area contributed by atoms with Crippen molar-refractivity contribution in [2.75, 3.05) is 7.11 Å². The highest BCUT2D eigenvalue weighted by atomic mass is 16.5. The molecular formula is C14H21NO3. The van der Waals surface area contributed by atoms with Crippen LogP contribution in [-0.2, 0) is 6.54 Å². The van der Waals surface area contributed by atoms with Crippen molar-refractivity contribution in [3.05, 3.63) is 23.8 Å². The standard InChI is InChI=1S/C14H21NO3/c1-18-14-7-10(5-6-13(14)17)9-15-11-3-2-4-12(16)8-11/h5-7,11-12,15-17H,2-4,8-9H2,1H3. The average molecular weight is 251 g/mol. The molecule has 0 aliphatic heterocycles. The zero-order chi connectivity index (χ0) is 13.0. The average Bonchev–Trinajstić information content (AvgIpc) is 2.38. The van der Waals surface area contributed by atoms with Gasteiger partial charge in [0.25, 0.3) is 0 Å². The first-order chi connectivity index (χ1) is 8.69. The highest BCUT2D eigenvalue weighted by Crippen LogP contribution is 2.26. The second-order valence-corrected chi connectivity index (χ2v) is 4.90. The molecule has 2 atom stereocenters. The van der Waals surface area contributed by atoms with E-state index < -0.39 is 0 Å². The molecule has 0 spiro atoms. The van der Waals surface area contributed by atoms with E-state index >= 15 is 0 Å². The lowest BCUT2D eigenvalue weighted by atomic mass is 9.93. The van der Waals surface area contributed by atoms with Crippen molar-refractivity contribution < 1.29 is 14.9 Å². The fourth-order valence-corrected chi connectivity index (χ4v) is 2.44. The van der Waals surface area contributed by atoms with Gasteiger partial charge >= 0.3 is 0 Å². The Balaban J connectivity index is 1.89. The summed E-state index contributed by atoms with van der Waals surface area (Å²) in [7, 11) is 1.55. The van der Waals surface area contributed by atoms with Crippen LogP contribution in [0.2, 0.25) is 0 Å². The Morgan fingerprint density at radius 1 is 1.39 bits per heavy atom. The van der Waals surface area contributed by atoms with E-state index in [0.717, 1.165) is 37.8 Å². The van der Waals surface area contributed by atoms with Crippen molar-refractivity contribution in [1.29, 1.82) is 0 Å². The molecular weight excluding hydrogens is 230 g/mol. The van der Waals surface area contributed by atoms with Gasteiger partial charge in [-0.1, -0.05) is 6.07 Å². The third-order valence-corrected chi connectivity index (χ3v) is 3.49. The van der Waals surface area contributed by atoms with E-state index in [1.54, 1.807) is 13.2 Å². The molecule has 0 amide bonds. The van der Waals surface area contributed by atoms with Crippen molar-refractivity contribution in [2.45, 2.75) is 44.4 Å². The van der Waals surface area contributed by atoms with Gasteiger partial charge in [-0.3, -0.25) is 0 Å². The van der Waals surface area contributed by atoms with Crippen molar-refractivity contribution in [3.8, 4) is 11.5 Å². The molecule has 0 heterocycles. The number of aliphatic hydroxyl groups is 1. The highest BCUT2D eigenvalue weighted by molar-refractivity contribution is 5.41. The van der Waals surface area contributed by atoms with Gasteiger partial charge in [0, 0.05) is 12.6 Å². The molecule has 18 heavy (non-hydrogen) atoms. The second kappa shape index (κ2) is 6.07. The Kier molecular flexibility index (Phi) is 4.44. The van der Waals surface area contributed by atoms with Crippen molar-refractivity contribution >= 4 is 0 Å². The monoisotopic (exact) mass is 251 g/mol. The van der Waals surface area contributed by atoms with Crippen molar-refractivity contribution in [2.24, 2.45) is 0 Å². The molecule has 100 valence electrons. The predicted octanol–water partition coefficient (Wildman–Crippen LogP) is 1.79. The maximum atomic E-state index is 9.60. The van der Waals surface area contributed by atoms with Crippen LogP contribution in [0.3, 0.4) is 0 Å². The second-order valence-electron chi connectivity index (χ2n) is 4.90. The number of phenolic OH excluding ortho intramolecular Hbond substituents is 1. The molecule has 2 rings (SSSR count). The number of aliphatic hydroxyl groups excluding tert-OH is 1. The first kappa shape index (κ1) is 13.2. The lowest BCUT2D eigenvalue weighted by Crippen LogP contribution is -2.35. The third kappa shape index (κ3) is 3.37. The summed E-state index contributed by atoms with van der Waals surface area (Å²) in [6.45, 7) is 0.730. The number of methoxy groups -OCH3 is 1. The fraction of sp³-hybridized carbons (Fsp3) is 0.571. The maximum absolute atomic E-state index is 9.60. The number of aromatic hydroxyl groups is 1. The number of benzene rings is 1. The fourth-order valence-electron chi connectivity index (χ4n) is 2.44. The molecule has 1 aliphatic rings. The van der Waals surface area contributed by atoms with Gasteiger partial charge in [-0.25, -0.2) is 0 Å². The molecule has 1 aliphatic carbocycles. The smallest absolute Gasteiger partial charge is 0.160 e. The van der Waals surface area contributed by atoms with Crippen LogP contribution in [0, 0.1) is 0 Å². The first-order valence-electron chi connectivity index (χ1n) is 6.46. The van der Waals surface area contributed by atoms with Crippen LogP contribution < -0.4 is 10.1 Å². The predicted molar refractivity (Wildman–Crippen MR) is 69.8 cm³/mol. The molecule has 1 fully saturated rings. The van der Waals surface area contributed by atoms with Crippen LogP contribution >= 0.6 is 0 Å². The lowest BCUT2D eigenvalue weighted by molar-refractivity contribution is 0.111. The molecule has 4 nitrogen and oxygen atoms in total. The van der Waals surface area contributed by atoms with Gasteiger partial charge in [-0.15, -0.1) is 0 Å². The number of rotatable bonds is 4. The summed E-state index contributed by atoms with van der Waals surface area (Å²) < 4.78 is 5.08. The van der Waals surface area contributed by atoms with Gasteiger partial charge in [0.2, 0.25) is 0 Å². The number of phenols is 1. The van der Waals surface area contributed by atoms with Crippen LogP contribution in [0.1, 0.15) is 31.2 Å². The zero-order valence-corrected chi connectivity index (χ0v) is 10.7. The Labute approximate surface area is 108 Å². The van der Waals surface area contributed by atoms with Crippen molar-refractivity contribution in [3.63, 3.8) is 0 Å². The molecule has 0 bridgehead atoms. The van der Waals surface area contributed by atoms with E-state index in [1.807, 2.05) is 12.1 Å². The topological polar surface area (TPSA) is 61.7 Å². The normalized spacial score (nSPS) is 23.9. The Bertz CT molecular complexity index is 395. The first-order valence-corrected chi connectivity index (χ1v) is 6.46. The van der Waals surface area contributed by atoms with Gasteiger partial charge in [0.15, 0.2) is 11.5 Å². The summed E-state index contributed by atoms with van der Waals surface area (Å²) in [5.41, 5.74) is 1.07. The Morgan fingerprint density at radius 2 is 2.22 bits per heavy atom. The van der Waals surface area contributed by atoms with Crippen LogP contribution in [0.25, 0.3) is 0 Å². The molecule has 3 N–H and O–H groups in total. The van der Waals surface area contributed by atoms with E-state index in [0.29, 0.717) is 11.8 Å². The summed E-state index contributed by atoms with van der Waals surface area (Å²) in [5.74, 6) is 0.660. The minimum absolute atomic E-state index is 0.161. The minimum Gasteiger partial charge on any atom is -0.504 e. The van der Waals surface area contributed by atoms with Crippen LogP contribution in [-0.4, -0.2) is 29.5 Å². The van der Waals surface area contributed by atoms with E-state index in [4.69, 9.17) is 4.74 Å². The summed E-state index contributed by atoms with van der Waals surface area (Å²) in [5, 5.41) is 22.6. The summed E-state index contributed by atoms with van der Waals surface area (Å²) in [6.07, 6.45) is 3.79.